The lowest BCUT2D eigenvalue weighted by molar-refractivity contribution is 0.236. The third kappa shape index (κ3) is 3.11. The Morgan fingerprint density at radius 1 is 1.67 bits per heavy atom. The maximum atomic E-state index is 13.1. The number of nitrogens with zero attached hydrogens (tertiary/aromatic N) is 2. The summed E-state index contributed by atoms with van der Waals surface area (Å²) in [4.78, 5) is 6.27. The summed E-state index contributed by atoms with van der Waals surface area (Å²) in [7, 11) is 0. The molecule has 86 valence electrons. The van der Waals surface area contributed by atoms with Crippen molar-refractivity contribution in [1.82, 2.24) is 9.88 Å². The van der Waals surface area contributed by atoms with Gasteiger partial charge in [-0.1, -0.05) is 0 Å². The number of nitrogens with two attached hydrogens (primary N) is 1. The fourth-order valence-electron chi connectivity index (χ4n) is 1.89. The van der Waals surface area contributed by atoms with Crippen molar-refractivity contribution in [3.8, 4) is 0 Å². The predicted molar refractivity (Wildman–Crippen MR) is 62.1 cm³/mol. The van der Waals surface area contributed by atoms with Gasteiger partial charge in [0.2, 0.25) is 0 Å². The van der Waals surface area contributed by atoms with E-state index in [9.17, 15) is 4.39 Å². The summed E-state index contributed by atoms with van der Waals surface area (Å²) >= 11 is 1.57. The van der Waals surface area contributed by atoms with Crippen LogP contribution in [0.1, 0.15) is 12.1 Å². The second kappa shape index (κ2) is 5.75. The highest BCUT2D eigenvalue weighted by Gasteiger charge is 2.31. The molecule has 3 nitrogen and oxygen atoms in total. The van der Waals surface area contributed by atoms with Crippen molar-refractivity contribution < 1.29 is 4.39 Å². The molecule has 2 heterocycles. The monoisotopic (exact) mass is 251 g/mol. The van der Waals surface area contributed by atoms with Gasteiger partial charge in [0.15, 0.2) is 0 Å². The first-order valence-electron chi connectivity index (χ1n) is 4.75. The van der Waals surface area contributed by atoms with E-state index in [0.717, 1.165) is 12.2 Å². The Morgan fingerprint density at radius 2 is 2.47 bits per heavy atom. The zero-order valence-corrected chi connectivity index (χ0v) is 9.94. The number of thiazole rings is 1. The topological polar surface area (TPSA) is 42.1 Å². The molecule has 2 rings (SSSR count). The van der Waals surface area contributed by atoms with Crippen molar-refractivity contribution in [2.45, 2.75) is 25.2 Å². The summed E-state index contributed by atoms with van der Waals surface area (Å²) in [5.74, 6) is 0. The molecule has 0 radical (unpaired) electrons. The number of rotatable bonds is 3. The van der Waals surface area contributed by atoms with E-state index in [0.29, 0.717) is 19.5 Å². The molecule has 0 aliphatic carbocycles. The minimum atomic E-state index is -0.720. The van der Waals surface area contributed by atoms with E-state index < -0.39 is 6.17 Å². The van der Waals surface area contributed by atoms with E-state index in [2.05, 4.69) is 9.88 Å². The van der Waals surface area contributed by atoms with Crippen LogP contribution in [0.15, 0.2) is 10.9 Å². The van der Waals surface area contributed by atoms with Gasteiger partial charge in [0.25, 0.3) is 0 Å². The third-order valence-electron chi connectivity index (χ3n) is 2.60. The van der Waals surface area contributed by atoms with Gasteiger partial charge in [0, 0.05) is 31.1 Å². The number of halogens is 2. The molecule has 2 atom stereocenters. The number of aromatic nitrogens is 1. The van der Waals surface area contributed by atoms with E-state index in [-0.39, 0.29) is 18.4 Å². The van der Waals surface area contributed by atoms with E-state index >= 15 is 0 Å². The van der Waals surface area contributed by atoms with Crippen LogP contribution in [0.25, 0.3) is 0 Å². The molecule has 1 aliphatic rings. The molecule has 15 heavy (non-hydrogen) atoms. The Hall–Kier alpha value is -0.230. The van der Waals surface area contributed by atoms with Crippen molar-refractivity contribution >= 4 is 23.7 Å². The molecule has 2 N–H and O–H groups in total. The standard InChI is InChI=1S/C9H14FN3S.ClH/c10-7-1-9(2-11)13(3-7)4-8-5-14-6-12-8;/h5-7,9H,1-4,11H2;1H/t7-,9-;/m0./s1. The van der Waals surface area contributed by atoms with E-state index in [1.807, 2.05) is 5.38 Å². The summed E-state index contributed by atoms with van der Waals surface area (Å²) in [6.45, 7) is 1.76. The first-order valence-corrected chi connectivity index (χ1v) is 5.69. The predicted octanol–water partition coefficient (Wildman–Crippen LogP) is 1.44. The second-order valence-electron chi connectivity index (χ2n) is 3.63. The van der Waals surface area contributed by atoms with Gasteiger partial charge in [-0.15, -0.1) is 23.7 Å². The Morgan fingerprint density at radius 3 is 3.07 bits per heavy atom. The van der Waals surface area contributed by atoms with Crippen molar-refractivity contribution in [2.24, 2.45) is 5.73 Å². The number of likely N-dealkylation sites (tertiary alicyclic amines) is 1. The number of hydrogen-bond acceptors (Lipinski definition) is 4. The smallest absolute Gasteiger partial charge is 0.114 e. The maximum Gasteiger partial charge on any atom is 0.114 e. The SMILES string of the molecule is Cl.NC[C@@H]1C[C@H](F)CN1Cc1cscn1. The molecule has 1 fully saturated rings. The Labute approximate surface area is 98.9 Å². The molecule has 0 spiro atoms. The summed E-state index contributed by atoms with van der Waals surface area (Å²) in [6, 6.07) is 0.187. The molecule has 0 aromatic carbocycles. The van der Waals surface area contributed by atoms with E-state index in [1.54, 1.807) is 16.8 Å². The van der Waals surface area contributed by atoms with Crippen molar-refractivity contribution in [3.63, 3.8) is 0 Å². The molecule has 0 bridgehead atoms. The summed E-state index contributed by atoms with van der Waals surface area (Å²) in [5, 5.41) is 2.00. The molecule has 0 amide bonds. The lowest BCUT2D eigenvalue weighted by atomic mass is 10.2. The average Bonchev–Trinajstić information content (AvgIpc) is 2.76. The second-order valence-corrected chi connectivity index (χ2v) is 4.35. The van der Waals surface area contributed by atoms with Gasteiger partial charge >= 0.3 is 0 Å². The molecule has 6 heteroatoms. The summed E-state index contributed by atoms with van der Waals surface area (Å²) < 4.78 is 13.1. The van der Waals surface area contributed by atoms with Crippen LogP contribution >= 0.6 is 23.7 Å². The maximum absolute atomic E-state index is 13.1. The van der Waals surface area contributed by atoms with Gasteiger partial charge in [0.05, 0.1) is 11.2 Å². The van der Waals surface area contributed by atoms with E-state index in [4.69, 9.17) is 5.73 Å². The largest absolute Gasteiger partial charge is 0.329 e. The zero-order chi connectivity index (χ0) is 9.97. The number of hydrogen-bond donors (Lipinski definition) is 1. The highest BCUT2D eigenvalue weighted by Crippen LogP contribution is 2.21. The first-order chi connectivity index (χ1) is 6.79. The van der Waals surface area contributed by atoms with Gasteiger partial charge in [-0.05, 0) is 6.42 Å². The van der Waals surface area contributed by atoms with Crippen LogP contribution in [0, 0.1) is 0 Å². The van der Waals surface area contributed by atoms with E-state index in [1.165, 1.54) is 0 Å². The van der Waals surface area contributed by atoms with Crippen molar-refractivity contribution in [3.05, 3.63) is 16.6 Å². The van der Waals surface area contributed by atoms with Crippen LogP contribution < -0.4 is 5.73 Å². The van der Waals surface area contributed by atoms with Crippen LogP contribution in [0.4, 0.5) is 4.39 Å². The lowest BCUT2D eigenvalue weighted by Gasteiger charge is -2.21. The lowest BCUT2D eigenvalue weighted by Crippen LogP contribution is -2.34. The number of alkyl halides is 1. The molecule has 0 saturated carbocycles. The summed E-state index contributed by atoms with van der Waals surface area (Å²) in [5.41, 5.74) is 8.41. The average molecular weight is 252 g/mol. The highest BCUT2D eigenvalue weighted by atomic mass is 35.5. The van der Waals surface area contributed by atoms with Gasteiger partial charge in [-0.25, -0.2) is 9.37 Å². The molecule has 0 unspecified atom stereocenters. The molecular formula is C9H15ClFN3S. The fourth-order valence-corrected chi connectivity index (χ4v) is 2.43. The Balaban J connectivity index is 0.00000112. The van der Waals surface area contributed by atoms with Crippen molar-refractivity contribution in [1.29, 1.82) is 0 Å². The zero-order valence-electron chi connectivity index (χ0n) is 8.30. The molecule has 1 aromatic rings. The summed E-state index contributed by atoms with van der Waals surface area (Å²) in [6.07, 6.45) is -0.150. The van der Waals surface area contributed by atoms with Gasteiger partial charge in [-0.2, -0.15) is 0 Å². The minimum absolute atomic E-state index is 0. The van der Waals surface area contributed by atoms with Crippen LogP contribution in [0.5, 0.6) is 0 Å². The molecule has 1 saturated heterocycles. The Bertz CT molecular complexity index is 283. The van der Waals surface area contributed by atoms with Crippen LogP contribution in [-0.2, 0) is 6.54 Å². The molecule has 1 aromatic heterocycles. The molecular weight excluding hydrogens is 237 g/mol. The minimum Gasteiger partial charge on any atom is -0.329 e. The van der Waals surface area contributed by atoms with Crippen LogP contribution in [0.2, 0.25) is 0 Å². The quantitative estimate of drug-likeness (QED) is 0.884. The van der Waals surface area contributed by atoms with Gasteiger partial charge < -0.3 is 5.73 Å². The normalized spacial score (nSPS) is 26.5. The fraction of sp³-hybridized carbons (Fsp3) is 0.667. The molecule has 1 aliphatic heterocycles. The first kappa shape index (κ1) is 12.8. The highest BCUT2D eigenvalue weighted by molar-refractivity contribution is 7.07. The van der Waals surface area contributed by atoms with Gasteiger partial charge in [0.1, 0.15) is 6.17 Å². The Kier molecular flexibility index (Phi) is 4.92. The third-order valence-corrected chi connectivity index (χ3v) is 3.23. The van der Waals surface area contributed by atoms with Crippen LogP contribution in [0.3, 0.4) is 0 Å². The van der Waals surface area contributed by atoms with Crippen LogP contribution in [-0.4, -0.2) is 35.2 Å². The van der Waals surface area contributed by atoms with Gasteiger partial charge in [-0.3, -0.25) is 4.90 Å². The van der Waals surface area contributed by atoms with Crippen molar-refractivity contribution in [2.75, 3.05) is 13.1 Å².